The monoisotopic (exact) mass is 437 g/mol. The molecule has 160 valence electrons. The van der Waals surface area contributed by atoms with E-state index in [1.807, 2.05) is 35.9 Å². The maximum atomic E-state index is 12.7. The number of carbonyl (C=O) groups excluding carboxylic acids is 2. The van der Waals surface area contributed by atoms with E-state index in [2.05, 4.69) is 15.7 Å². The first-order valence-electron chi connectivity index (χ1n) is 10.2. The molecule has 8 heteroatoms. The number of benzene rings is 2. The second-order valence-electron chi connectivity index (χ2n) is 7.59. The van der Waals surface area contributed by atoms with Gasteiger partial charge in [-0.05, 0) is 55.7 Å². The molecule has 3 amide bonds. The fourth-order valence-corrected chi connectivity index (χ4v) is 3.89. The molecule has 1 aliphatic heterocycles. The van der Waals surface area contributed by atoms with Gasteiger partial charge in [-0.2, -0.15) is 5.10 Å². The van der Waals surface area contributed by atoms with Crippen LogP contribution in [0.3, 0.4) is 0 Å². The summed E-state index contributed by atoms with van der Waals surface area (Å²) in [5.41, 5.74) is 2.28. The van der Waals surface area contributed by atoms with E-state index < -0.39 is 0 Å². The molecule has 7 nitrogen and oxygen atoms in total. The quantitative estimate of drug-likeness (QED) is 0.605. The van der Waals surface area contributed by atoms with Crippen LogP contribution in [0.2, 0.25) is 5.02 Å². The fraction of sp³-hybridized carbons (Fsp3) is 0.261. The number of hydrogen-bond acceptors (Lipinski definition) is 3. The predicted molar refractivity (Wildman–Crippen MR) is 122 cm³/mol. The van der Waals surface area contributed by atoms with Crippen molar-refractivity contribution in [3.05, 3.63) is 76.9 Å². The number of aryl methyl sites for hydroxylation is 1. The normalized spacial score (nSPS) is 14.3. The van der Waals surface area contributed by atoms with E-state index in [1.165, 1.54) is 0 Å². The summed E-state index contributed by atoms with van der Waals surface area (Å²) in [6.45, 7) is 3.13. The number of anilines is 2. The van der Waals surface area contributed by atoms with Gasteiger partial charge in [0, 0.05) is 35.4 Å². The van der Waals surface area contributed by atoms with E-state index in [0.717, 1.165) is 18.4 Å². The van der Waals surface area contributed by atoms with Crippen molar-refractivity contribution < 1.29 is 9.59 Å². The number of rotatable bonds is 4. The van der Waals surface area contributed by atoms with Crippen LogP contribution in [0.15, 0.2) is 60.8 Å². The van der Waals surface area contributed by atoms with Gasteiger partial charge < -0.3 is 15.5 Å². The maximum absolute atomic E-state index is 12.7. The van der Waals surface area contributed by atoms with E-state index in [9.17, 15) is 9.59 Å². The summed E-state index contributed by atoms with van der Waals surface area (Å²) in [5, 5.41) is 10.9. The number of amides is 3. The smallest absolute Gasteiger partial charge is 0.321 e. The van der Waals surface area contributed by atoms with Gasteiger partial charge in [0.1, 0.15) is 5.82 Å². The van der Waals surface area contributed by atoms with Gasteiger partial charge >= 0.3 is 6.03 Å². The highest BCUT2D eigenvalue weighted by Gasteiger charge is 2.26. The van der Waals surface area contributed by atoms with Crippen LogP contribution in [0.4, 0.5) is 16.3 Å². The van der Waals surface area contributed by atoms with Crippen molar-refractivity contribution in [3.8, 4) is 0 Å². The van der Waals surface area contributed by atoms with Crippen molar-refractivity contribution in [3.63, 3.8) is 0 Å². The van der Waals surface area contributed by atoms with E-state index in [4.69, 9.17) is 11.6 Å². The summed E-state index contributed by atoms with van der Waals surface area (Å²) < 4.78 is 1.85. The molecule has 0 aliphatic carbocycles. The van der Waals surface area contributed by atoms with E-state index in [0.29, 0.717) is 35.2 Å². The zero-order chi connectivity index (χ0) is 21.8. The van der Waals surface area contributed by atoms with Gasteiger partial charge in [-0.1, -0.05) is 29.8 Å². The highest BCUT2D eigenvalue weighted by atomic mass is 35.5. The number of aromatic nitrogens is 2. The fourth-order valence-electron chi connectivity index (χ4n) is 3.76. The molecule has 1 fully saturated rings. The van der Waals surface area contributed by atoms with Crippen molar-refractivity contribution in [1.82, 2.24) is 14.7 Å². The molecule has 1 aliphatic rings. The Kier molecular flexibility index (Phi) is 6.23. The van der Waals surface area contributed by atoms with Crippen molar-refractivity contribution in [2.75, 3.05) is 23.7 Å². The van der Waals surface area contributed by atoms with Gasteiger partial charge in [0.2, 0.25) is 0 Å². The molecule has 2 heterocycles. The molecular formula is C23H24ClN5O2. The number of piperidine rings is 1. The van der Waals surface area contributed by atoms with Crippen LogP contribution in [0.25, 0.3) is 0 Å². The lowest BCUT2D eigenvalue weighted by Crippen LogP contribution is -2.41. The molecule has 3 aromatic rings. The Hall–Kier alpha value is -3.32. The van der Waals surface area contributed by atoms with Gasteiger partial charge in [0.15, 0.2) is 0 Å². The van der Waals surface area contributed by atoms with Crippen LogP contribution >= 0.6 is 11.6 Å². The van der Waals surface area contributed by atoms with Crippen molar-refractivity contribution >= 4 is 35.0 Å². The first-order valence-corrected chi connectivity index (χ1v) is 10.6. The molecule has 1 saturated heterocycles. The summed E-state index contributed by atoms with van der Waals surface area (Å²) in [5.74, 6) is 0.511. The zero-order valence-electron chi connectivity index (χ0n) is 17.2. The largest absolute Gasteiger partial charge is 0.324 e. The van der Waals surface area contributed by atoms with Crippen LogP contribution in [0.1, 0.15) is 34.8 Å². The standard InChI is InChI=1S/C23H24ClN5O2/c1-16-4-2-3-5-20(16)22(30)27-21-10-13-25-29(21)19-11-14-28(15-12-19)23(31)26-18-8-6-17(24)7-9-18/h2-10,13,19H,11-12,14-15H2,1H3,(H,26,31)(H,27,30). The third kappa shape index (κ3) is 4.88. The molecule has 0 unspecified atom stereocenters. The van der Waals surface area contributed by atoms with E-state index in [1.54, 1.807) is 41.4 Å². The molecule has 0 atom stereocenters. The Bertz CT molecular complexity index is 1070. The highest BCUT2D eigenvalue weighted by Crippen LogP contribution is 2.26. The minimum Gasteiger partial charge on any atom is -0.324 e. The maximum Gasteiger partial charge on any atom is 0.321 e. The Morgan fingerprint density at radius 3 is 2.42 bits per heavy atom. The molecule has 31 heavy (non-hydrogen) atoms. The van der Waals surface area contributed by atoms with Crippen molar-refractivity contribution in [2.45, 2.75) is 25.8 Å². The topological polar surface area (TPSA) is 79.3 Å². The lowest BCUT2D eigenvalue weighted by atomic mass is 10.1. The Balaban J connectivity index is 1.36. The van der Waals surface area contributed by atoms with Crippen LogP contribution in [-0.2, 0) is 0 Å². The van der Waals surface area contributed by atoms with Gasteiger partial charge in [-0.15, -0.1) is 0 Å². The number of urea groups is 1. The summed E-state index contributed by atoms with van der Waals surface area (Å²) in [4.78, 5) is 27.0. The molecule has 0 saturated carbocycles. The van der Waals surface area contributed by atoms with Gasteiger partial charge in [0.05, 0.1) is 12.2 Å². The summed E-state index contributed by atoms with van der Waals surface area (Å²) >= 11 is 5.89. The van der Waals surface area contributed by atoms with Crippen LogP contribution < -0.4 is 10.6 Å². The third-order valence-electron chi connectivity index (χ3n) is 5.49. The molecule has 2 aromatic carbocycles. The van der Waals surface area contributed by atoms with Crippen LogP contribution in [0.5, 0.6) is 0 Å². The van der Waals surface area contributed by atoms with E-state index in [-0.39, 0.29) is 18.0 Å². The molecular weight excluding hydrogens is 414 g/mol. The lowest BCUT2D eigenvalue weighted by molar-refractivity contribution is 0.102. The first-order chi connectivity index (χ1) is 15.0. The number of halogens is 1. The molecule has 4 rings (SSSR count). The molecule has 1 aromatic heterocycles. The SMILES string of the molecule is Cc1ccccc1C(=O)Nc1ccnn1C1CCN(C(=O)Nc2ccc(Cl)cc2)CC1. The number of nitrogens with zero attached hydrogens (tertiary/aromatic N) is 3. The minimum absolute atomic E-state index is 0.113. The molecule has 2 N–H and O–H groups in total. The molecule has 0 radical (unpaired) electrons. The minimum atomic E-state index is -0.153. The second kappa shape index (κ2) is 9.22. The average Bonchev–Trinajstić information content (AvgIpc) is 3.23. The van der Waals surface area contributed by atoms with Gasteiger partial charge in [-0.3, -0.25) is 4.79 Å². The lowest BCUT2D eigenvalue weighted by Gasteiger charge is -2.32. The summed E-state index contributed by atoms with van der Waals surface area (Å²) in [6.07, 6.45) is 3.19. The summed E-state index contributed by atoms with van der Waals surface area (Å²) in [7, 11) is 0. The van der Waals surface area contributed by atoms with Crippen LogP contribution in [0, 0.1) is 6.92 Å². The second-order valence-corrected chi connectivity index (χ2v) is 8.02. The number of likely N-dealkylation sites (tertiary alicyclic amines) is 1. The van der Waals surface area contributed by atoms with Gasteiger partial charge in [0.25, 0.3) is 5.91 Å². The Labute approximate surface area is 186 Å². The zero-order valence-corrected chi connectivity index (χ0v) is 18.0. The Morgan fingerprint density at radius 1 is 1.00 bits per heavy atom. The van der Waals surface area contributed by atoms with Crippen LogP contribution in [-0.4, -0.2) is 39.7 Å². The third-order valence-corrected chi connectivity index (χ3v) is 5.75. The Morgan fingerprint density at radius 2 is 1.71 bits per heavy atom. The molecule has 0 bridgehead atoms. The first kappa shape index (κ1) is 20.9. The van der Waals surface area contributed by atoms with Crippen molar-refractivity contribution in [1.29, 1.82) is 0 Å². The highest BCUT2D eigenvalue weighted by molar-refractivity contribution is 6.30. The predicted octanol–water partition coefficient (Wildman–Crippen LogP) is 4.97. The average molecular weight is 438 g/mol. The van der Waals surface area contributed by atoms with E-state index >= 15 is 0 Å². The summed E-state index contributed by atoms with van der Waals surface area (Å²) in [6, 6.07) is 16.3. The van der Waals surface area contributed by atoms with Gasteiger partial charge in [-0.25, -0.2) is 9.48 Å². The number of nitrogens with one attached hydrogen (secondary N) is 2. The molecule has 0 spiro atoms. The number of carbonyl (C=O) groups is 2. The van der Waals surface area contributed by atoms with Crippen molar-refractivity contribution in [2.24, 2.45) is 0 Å². The number of hydrogen-bond donors (Lipinski definition) is 2.